The van der Waals surface area contributed by atoms with Crippen LogP contribution in [0.15, 0.2) is 12.3 Å². The first-order chi connectivity index (χ1) is 14.0. The van der Waals surface area contributed by atoms with Crippen molar-refractivity contribution >= 4 is 22.8 Å². The Morgan fingerprint density at radius 1 is 1.17 bits per heavy atom. The quantitative estimate of drug-likeness (QED) is 0.316. The van der Waals surface area contributed by atoms with E-state index in [9.17, 15) is 4.39 Å². The fourth-order valence-corrected chi connectivity index (χ4v) is 3.41. The first-order valence-electron chi connectivity index (χ1n) is 8.82. The molecule has 2 aromatic heterocycles. The molecule has 0 saturated heterocycles. The number of methoxy groups -OCH3 is 3. The van der Waals surface area contributed by atoms with Crippen molar-refractivity contribution in [2.75, 3.05) is 21.3 Å². The second kappa shape index (κ2) is 8.97. The summed E-state index contributed by atoms with van der Waals surface area (Å²) < 4.78 is 31.6. The predicted octanol–water partition coefficient (Wildman–Crippen LogP) is 3.65. The fraction of sp³-hybridized carbons (Fsp3) is 0.350. The zero-order chi connectivity index (χ0) is 21.0. The molecule has 7 nitrogen and oxygen atoms in total. The van der Waals surface area contributed by atoms with E-state index in [4.69, 9.17) is 32.2 Å². The van der Waals surface area contributed by atoms with Crippen LogP contribution < -0.4 is 14.2 Å². The van der Waals surface area contributed by atoms with Crippen molar-refractivity contribution in [1.29, 1.82) is 0 Å². The Morgan fingerprint density at radius 2 is 1.93 bits per heavy atom. The molecule has 29 heavy (non-hydrogen) atoms. The molecule has 1 aromatic carbocycles. The van der Waals surface area contributed by atoms with Gasteiger partial charge in [-0.3, -0.25) is 0 Å². The highest BCUT2D eigenvalue weighted by atomic mass is 35.5. The second-order valence-corrected chi connectivity index (χ2v) is 6.51. The molecular formula is C20H20ClFN4O3. The number of unbranched alkanes of at least 4 members (excludes halogenated alkanes) is 1. The zero-order valence-electron chi connectivity index (χ0n) is 16.3. The van der Waals surface area contributed by atoms with Crippen molar-refractivity contribution in [2.45, 2.75) is 25.8 Å². The normalized spacial score (nSPS) is 10.8. The molecule has 0 aliphatic heterocycles. The van der Waals surface area contributed by atoms with Crippen LogP contribution in [-0.2, 0) is 13.0 Å². The van der Waals surface area contributed by atoms with Gasteiger partial charge in [0.15, 0.2) is 17.1 Å². The van der Waals surface area contributed by atoms with Crippen LogP contribution in [-0.4, -0.2) is 40.8 Å². The van der Waals surface area contributed by atoms with Gasteiger partial charge in [-0.1, -0.05) is 11.6 Å². The summed E-state index contributed by atoms with van der Waals surface area (Å²) in [5, 5.41) is 0.379. The van der Waals surface area contributed by atoms with Crippen molar-refractivity contribution < 1.29 is 18.6 Å². The number of nitrogens with zero attached hydrogens (tertiary/aromatic N) is 4. The maximum Gasteiger partial charge on any atom is 0.310 e. The van der Waals surface area contributed by atoms with E-state index < -0.39 is 6.08 Å². The minimum Gasteiger partial charge on any atom is -0.493 e. The fourth-order valence-electron chi connectivity index (χ4n) is 3.12. The Labute approximate surface area is 172 Å². The van der Waals surface area contributed by atoms with Crippen molar-refractivity contribution in [2.24, 2.45) is 0 Å². The highest BCUT2D eigenvalue weighted by molar-refractivity contribution is 6.33. The predicted molar refractivity (Wildman–Crippen MR) is 107 cm³/mol. The van der Waals surface area contributed by atoms with Crippen molar-refractivity contribution in [3.63, 3.8) is 0 Å². The summed E-state index contributed by atoms with van der Waals surface area (Å²) >= 11 is 6.56. The van der Waals surface area contributed by atoms with Gasteiger partial charge in [-0.15, -0.1) is 12.3 Å². The molecule has 3 rings (SSSR count). The number of aromatic nitrogens is 4. The molecule has 0 aliphatic carbocycles. The van der Waals surface area contributed by atoms with Crippen LogP contribution in [0.2, 0.25) is 5.02 Å². The SMILES string of the molecule is C#CCCCn1c(Cc2cc(OC)c(OC)c(OC)c2Cl)nc2cnc(F)nc21. The lowest BCUT2D eigenvalue weighted by Gasteiger charge is -2.16. The Balaban J connectivity index is 2.10. The number of halogens is 2. The Bertz CT molecular complexity index is 1080. The van der Waals surface area contributed by atoms with Gasteiger partial charge >= 0.3 is 6.08 Å². The number of aryl methyl sites for hydroxylation is 1. The summed E-state index contributed by atoms with van der Waals surface area (Å²) in [7, 11) is 4.54. The molecular weight excluding hydrogens is 399 g/mol. The third-order valence-corrected chi connectivity index (χ3v) is 4.85. The van der Waals surface area contributed by atoms with Crippen molar-refractivity contribution in [3.8, 4) is 29.6 Å². The average molecular weight is 419 g/mol. The summed E-state index contributed by atoms with van der Waals surface area (Å²) in [6, 6.07) is 1.76. The van der Waals surface area contributed by atoms with E-state index in [1.54, 1.807) is 6.07 Å². The topological polar surface area (TPSA) is 71.3 Å². The van der Waals surface area contributed by atoms with Crippen molar-refractivity contribution in [1.82, 2.24) is 19.5 Å². The molecule has 152 valence electrons. The second-order valence-electron chi connectivity index (χ2n) is 6.13. The Kier molecular flexibility index (Phi) is 6.39. The molecule has 0 fully saturated rings. The smallest absolute Gasteiger partial charge is 0.310 e. The molecule has 3 aromatic rings. The zero-order valence-corrected chi connectivity index (χ0v) is 17.1. The van der Waals surface area contributed by atoms with E-state index in [2.05, 4.69) is 20.9 Å². The minimum atomic E-state index is -0.812. The number of fused-ring (bicyclic) bond motifs is 1. The van der Waals surface area contributed by atoms with Crippen LogP contribution in [0.25, 0.3) is 11.2 Å². The van der Waals surface area contributed by atoms with Crippen LogP contribution in [0, 0.1) is 18.4 Å². The average Bonchev–Trinajstić information content (AvgIpc) is 3.05. The lowest BCUT2D eigenvalue weighted by atomic mass is 10.1. The maximum atomic E-state index is 13.6. The molecule has 9 heteroatoms. The molecule has 0 spiro atoms. The van der Waals surface area contributed by atoms with E-state index in [1.807, 2.05) is 4.57 Å². The van der Waals surface area contributed by atoms with Crippen LogP contribution in [0.1, 0.15) is 24.2 Å². The van der Waals surface area contributed by atoms with Crippen LogP contribution >= 0.6 is 11.6 Å². The van der Waals surface area contributed by atoms with Gasteiger partial charge in [0.05, 0.1) is 32.5 Å². The third kappa shape index (κ3) is 4.05. The lowest BCUT2D eigenvalue weighted by Crippen LogP contribution is -2.07. The first-order valence-corrected chi connectivity index (χ1v) is 9.20. The molecule has 2 heterocycles. The number of rotatable bonds is 8. The van der Waals surface area contributed by atoms with Crippen LogP contribution in [0.5, 0.6) is 17.2 Å². The number of hydrogen-bond acceptors (Lipinski definition) is 6. The Hall–Kier alpha value is -3.05. The summed E-state index contributed by atoms with van der Waals surface area (Å²) in [4.78, 5) is 12.1. The molecule has 0 radical (unpaired) electrons. The van der Waals surface area contributed by atoms with Gasteiger partial charge in [-0.05, 0) is 18.1 Å². The number of hydrogen-bond donors (Lipinski definition) is 0. The number of ether oxygens (including phenoxy) is 3. The molecule has 0 unspecified atom stereocenters. The molecule has 0 atom stereocenters. The van der Waals surface area contributed by atoms with Gasteiger partial charge in [-0.25, -0.2) is 9.97 Å². The molecule has 0 bridgehead atoms. The highest BCUT2D eigenvalue weighted by Gasteiger charge is 2.22. The van der Waals surface area contributed by atoms with Crippen LogP contribution in [0.4, 0.5) is 4.39 Å². The summed E-state index contributed by atoms with van der Waals surface area (Å²) in [5.74, 6) is 4.49. The summed E-state index contributed by atoms with van der Waals surface area (Å²) in [6.45, 7) is 0.536. The van der Waals surface area contributed by atoms with E-state index in [0.29, 0.717) is 70.6 Å². The van der Waals surface area contributed by atoms with Gasteiger partial charge in [0.25, 0.3) is 0 Å². The summed E-state index contributed by atoms with van der Waals surface area (Å²) in [5.41, 5.74) is 1.61. The Morgan fingerprint density at radius 3 is 2.59 bits per heavy atom. The standard InChI is InChI=1S/C20H20ClFN4O3/c1-5-6-7-8-26-15(24-13-11-23-20(22)25-19(13)26)10-12-9-14(27-2)17(28-3)18(29-4)16(12)21/h1,9,11H,6-8,10H2,2-4H3. The monoisotopic (exact) mass is 418 g/mol. The highest BCUT2D eigenvalue weighted by Crippen LogP contribution is 2.45. The van der Waals surface area contributed by atoms with Gasteiger partial charge in [0.2, 0.25) is 5.75 Å². The number of benzene rings is 1. The van der Waals surface area contributed by atoms with Gasteiger partial charge in [-0.2, -0.15) is 9.37 Å². The van der Waals surface area contributed by atoms with Gasteiger partial charge < -0.3 is 18.8 Å². The van der Waals surface area contributed by atoms with E-state index in [-0.39, 0.29) is 0 Å². The molecule has 0 aliphatic rings. The lowest BCUT2D eigenvalue weighted by molar-refractivity contribution is 0.324. The largest absolute Gasteiger partial charge is 0.493 e. The van der Waals surface area contributed by atoms with Crippen LogP contribution in [0.3, 0.4) is 0 Å². The molecule has 0 N–H and O–H groups in total. The maximum absolute atomic E-state index is 13.6. The van der Waals surface area contributed by atoms with E-state index in [1.165, 1.54) is 27.5 Å². The molecule has 0 amide bonds. The van der Waals surface area contributed by atoms with Gasteiger partial charge in [0, 0.05) is 19.4 Å². The number of imidazole rings is 1. The van der Waals surface area contributed by atoms with Crippen molar-refractivity contribution in [3.05, 3.63) is 34.8 Å². The van der Waals surface area contributed by atoms with Gasteiger partial charge in [0.1, 0.15) is 11.3 Å². The third-order valence-electron chi connectivity index (χ3n) is 4.43. The van der Waals surface area contributed by atoms with E-state index in [0.717, 1.165) is 0 Å². The summed E-state index contributed by atoms with van der Waals surface area (Å²) in [6.07, 6.45) is 7.52. The minimum absolute atomic E-state index is 0.337. The first kappa shape index (κ1) is 20.7. The number of terminal acetylenes is 1. The van der Waals surface area contributed by atoms with E-state index >= 15 is 0 Å². The molecule has 0 saturated carbocycles.